The monoisotopic (exact) mass is 358 g/mol. The highest BCUT2D eigenvalue weighted by Crippen LogP contribution is 2.22. The molecule has 0 aliphatic carbocycles. The first kappa shape index (κ1) is 19.4. The lowest BCUT2D eigenvalue weighted by atomic mass is 10.1. The minimum Gasteiger partial charge on any atom is -0.479 e. The third-order valence-corrected chi connectivity index (χ3v) is 3.91. The lowest BCUT2D eigenvalue weighted by Crippen LogP contribution is -2.42. The van der Waals surface area contributed by atoms with Gasteiger partial charge in [0.1, 0.15) is 23.5 Å². The summed E-state index contributed by atoms with van der Waals surface area (Å²) in [6, 6.07) is 11.9. The molecule has 136 valence electrons. The largest absolute Gasteiger partial charge is 0.479 e. The van der Waals surface area contributed by atoms with E-state index in [1.165, 1.54) is 18.0 Å². The van der Waals surface area contributed by atoms with Crippen molar-refractivity contribution in [3.05, 3.63) is 65.2 Å². The van der Waals surface area contributed by atoms with Gasteiger partial charge in [-0.05, 0) is 24.1 Å². The summed E-state index contributed by atoms with van der Waals surface area (Å²) in [7, 11) is 1.53. The van der Waals surface area contributed by atoms with Gasteiger partial charge in [-0.1, -0.05) is 32.0 Å². The number of halogens is 2. The van der Waals surface area contributed by atoms with Gasteiger partial charge >= 0.3 is 0 Å². The van der Waals surface area contributed by atoms with Crippen molar-refractivity contribution in [3.8, 4) is 11.8 Å². The molecule has 4 nitrogen and oxygen atoms in total. The zero-order chi connectivity index (χ0) is 19.3. The van der Waals surface area contributed by atoms with Gasteiger partial charge in [0.2, 0.25) is 0 Å². The van der Waals surface area contributed by atoms with E-state index in [0.717, 1.165) is 12.1 Å². The van der Waals surface area contributed by atoms with Gasteiger partial charge in [0, 0.05) is 25.2 Å². The number of likely N-dealkylation sites (N-methyl/N-ethyl adjacent to an activating group) is 1. The van der Waals surface area contributed by atoms with Gasteiger partial charge in [0.15, 0.2) is 6.10 Å². The minimum atomic E-state index is -0.835. The van der Waals surface area contributed by atoms with Gasteiger partial charge in [0.25, 0.3) is 5.91 Å². The van der Waals surface area contributed by atoms with Gasteiger partial charge in [-0.15, -0.1) is 0 Å². The zero-order valence-electron chi connectivity index (χ0n) is 14.9. The van der Waals surface area contributed by atoms with E-state index in [0.29, 0.717) is 11.3 Å². The predicted octanol–water partition coefficient (Wildman–Crippen LogP) is 3.90. The molecule has 0 saturated heterocycles. The van der Waals surface area contributed by atoms with E-state index < -0.39 is 17.7 Å². The predicted molar refractivity (Wildman–Crippen MR) is 93.2 cm³/mol. The number of para-hydroxylation sites is 1. The highest BCUT2D eigenvalue weighted by atomic mass is 19.1. The third-order valence-electron chi connectivity index (χ3n) is 3.91. The van der Waals surface area contributed by atoms with Crippen LogP contribution in [0, 0.1) is 28.9 Å². The number of nitrogens with zero attached hydrogens (tertiary/aromatic N) is 2. The molecule has 0 saturated carbocycles. The summed E-state index contributed by atoms with van der Waals surface area (Å²) in [6.45, 7) is 3.63. The van der Waals surface area contributed by atoms with Crippen LogP contribution < -0.4 is 4.74 Å². The first-order valence-electron chi connectivity index (χ1n) is 8.18. The van der Waals surface area contributed by atoms with E-state index in [9.17, 15) is 13.6 Å². The quantitative estimate of drug-likeness (QED) is 0.787. The summed E-state index contributed by atoms with van der Waals surface area (Å²) in [5.41, 5.74) is 0.542. The van der Waals surface area contributed by atoms with Crippen LogP contribution >= 0.6 is 0 Å². The molecule has 1 unspecified atom stereocenters. The molecule has 2 aromatic rings. The number of hydrogen-bond donors (Lipinski definition) is 0. The van der Waals surface area contributed by atoms with Crippen molar-refractivity contribution in [2.45, 2.75) is 26.5 Å². The van der Waals surface area contributed by atoms with E-state index in [1.54, 1.807) is 24.3 Å². The molecule has 1 amide bonds. The summed E-state index contributed by atoms with van der Waals surface area (Å²) in [6.07, 6.45) is -0.835. The molecule has 2 aromatic carbocycles. The van der Waals surface area contributed by atoms with E-state index in [2.05, 4.69) is 0 Å². The molecule has 0 bridgehead atoms. The standard InChI is InChI=1S/C20H20F2N2O2/c1-13(2)19(26-18-7-5-4-6-14(18)11-23)20(25)24(3)12-15-8-9-16(21)10-17(15)22/h4-10,13,19H,12H2,1-3H3. The topological polar surface area (TPSA) is 53.3 Å². The molecule has 6 heteroatoms. The molecule has 0 N–H and O–H groups in total. The number of carbonyl (C=O) groups is 1. The first-order valence-corrected chi connectivity index (χ1v) is 8.18. The maximum absolute atomic E-state index is 13.8. The van der Waals surface area contributed by atoms with E-state index in [-0.39, 0.29) is 23.9 Å². The van der Waals surface area contributed by atoms with Crippen molar-refractivity contribution in [1.29, 1.82) is 5.26 Å². The molecule has 0 heterocycles. The van der Waals surface area contributed by atoms with E-state index in [4.69, 9.17) is 10.00 Å². The number of nitriles is 1. The minimum absolute atomic E-state index is 0.0164. The summed E-state index contributed by atoms with van der Waals surface area (Å²) in [5.74, 6) is -1.58. The van der Waals surface area contributed by atoms with Crippen molar-refractivity contribution < 1.29 is 18.3 Å². The van der Waals surface area contributed by atoms with Gasteiger partial charge in [-0.2, -0.15) is 5.26 Å². The zero-order valence-corrected chi connectivity index (χ0v) is 14.9. The summed E-state index contributed by atoms with van der Waals surface area (Å²) < 4.78 is 32.7. The van der Waals surface area contributed by atoms with Crippen LogP contribution in [0.15, 0.2) is 42.5 Å². The molecule has 0 radical (unpaired) electrons. The molecule has 0 spiro atoms. The van der Waals surface area contributed by atoms with Gasteiger partial charge in [-0.25, -0.2) is 8.78 Å². The Morgan fingerprint density at radius 1 is 1.23 bits per heavy atom. The summed E-state index contributed by atoms with van der Waals surface area (Å²) >= 11 is 0. The van der Waals surface area contributed by atoms with Gasteiger partial charge in [-0.3, -0.25) is 4.79 Å². The van der Waals surface area contributed by atoms with Crippen molar-refractivity contribution in [1.82, 2.24) is 4.90 Å². The average molecular weight is 358 g/mol. The van der Waals surface area contributed by atoms with Crippen molar-refractivity contribution in [2.24, 2.45) is 5.92 Å². The van der Waals surface area contributed by atoms with E-state index >= 15 is 0 Å². The maximum atomic E-state index is 13.8. The number of ether oxygens (including phenoxy) is 1. The van der Waals surface area contributed by atoms with Crippen molar-refractivity contribution in [2.75, 3.05) is 7.05 Å². The number of carbonyl (C=O) groups excluding carboxylic acids is 1. The molecule has 0 aliphatic heterocycles. The summed E-state index contributed by atoms with van der Waals surface area (Å²) in [5, 5.41) is 9.17. The number of rotatable bonds is 6. The fraction of sp³-hybridized carbons (Fsp3) is 0.300. The third kappa shape index (κ3) is 4.57. The number of benzene rings is 2. The lowest BCUT2D eigenvalue weighted by molar-refractivity contribution is -0.139. The molecule has 0 aromatic heterocycles. The Morgan fingerprint density at radius 3 is 2.54 bits per heavy atom. The lowest BCUT2D eigenvalue weighted by Gasteiger charge is -2.27. The highest BCUT2D eigenvalue weighted by molar-refractivity contribution is 5.81. The SMILES string of the molecule is CC(C)C(Oc1ccccc1C#N)C(=O)N(C)Cc1ccc(F)cc1F. The van der Waals surface area contributed by atoms with Crippen molar-refractivity contribution in [3.63, 3.8) is 0 Å². The Kier molecular flexibility index (Phi) is 6.29. The molecule has 2 rings (SSSR count). The normalized spacial score (nSPS) is 11.7. The molecule has 1 atom stereocenters. The van der Waals surface area contributed by atoms with Crippen LogP contribution in [0.1, 0.15) is 25.0 Å². The number of amides is 1. The Hall–Kier alpha value is -2.94. The molecule has 0 aliphatic rings. The Bertz CT molecular complexity index is 831. The fourth-order valence-corrected chi connectivity index (χ4v) is 2.47. The fourth-order valence-electron chi connectivity index (χ4n) is 2.47. The van der Waals surface area contributed by atoms with Crippen LogP contribution in [0.2, 0.25) is 0 Å². The Morgan fingerprint density at radius 2 is 1.92 bits per heavy atom. The second-order valence-corrected chi connectivity index (χ2v) is 6.32. The van der Waals surface area contributed by atoms with Crippen LogP contribution in [-0.4, -0.2) is 24.0 Å². The Labute approximate surface area is 151 Å². The van der Waals surface area contributed by atoms with Crippen LogP contribution in [0.25, 0.3) is 0 Å². The van der Waals surface area contributed by atoms with Crippen molar-refractivity contribution >= 4 is 5.91 Å². The second-order valence-electron chi connectivity index (χ2n) is 6.32. The highest BCUT2D eigenvalue weighted by Gasteiger charge is 2.28. The molecule has 0 fully saturated rings. The average Bonchev–Trinajstić information content (AvgIpc) is 2.61. The van der Waals surface area contributed by atoms with Gasteiger partial charge < -0.3 is 9.64 Å². The maximum Gasteiger partial charge on any atom is 0.263 e. The Balaban J connectivity index is 2.18. The molecular weight excluding hydrogens is 338 g/mol. The molecule has 26 heavy (non-hydrogen) atoms. The van der Waals surface area contributed by atoms with E-state index in [1.807, 2.05) is 19.9 Å². The van der Waals surface area contributed by atoms with Crippen LogP contribution in [0.3, 0.4) is 0 Å². The van der Waals surface area contributed by atoms with Gasteiger partial charge in [0.05, 0.1) is 5.56 Å². The number of hydrogen-bond acceptors (Lipinski definition) is 3. The van der Waals surface area contributed by atoms with Crippen LogP contribution in [0.4, 0.5) is 8.78 Å². The van der Waals surface area contributed by atoms with Crippen LogP contribution in [0.5, 0.6) is 5.75 Å². The van der Waals surface area contributed by atoms with Crippen LogP contribution in [-0.2, 0) is 11.3 Å². The second kappa shape index (κ2) is 8.43. The smallest absolute Gasteiger partial charge is 0.263 e. The first-order chi connectivity index (χ1) is 12.3. The summed E-state index contributed by atoms with van der Waals surface area (Å²) in [4.78, 5) is 14.1. The molecular formula is C20H20F2N2O2.